The molecule has 0 aliphatic rings. The van der Waals surface area contributed by atoms with E-state index in [1.54, 1.807) is 0 Å². The van der Waals surface area contributed by atoms with Crippen molar-refractivity contribution in [3.05, 3.63) is 0 Å². The molecule has 6 unspecified atom stereocenters. The summed E-state index contributed by atoms with van der Waals surface area (Å²) in [5.74, 6) is 5.49. The molecule has 0 aromatic carbocycles. The molecule has 0 aliphatic heterocycles. The van der Waals surface area contributed by atoms with Crippen LogP contribution in [-0.2, 0) is 0 Å². The molecule has 0 spiro atoms. The highest BCUT2D eigenvalue weighted by Crippen LogP contribution is 2.45. The number of unbranched alkanes of at least 4 members (excludes halogenated alkanes) is 1. The van der Waals surface area contributed by atoms with Crippen LogP contribution in [0.15, 0.2) is 0 Å². The lowest BCUT2D eigenvalue weighted by Crippen LogP contribution is -2.37. The van der Waals surface area contributed by atoms with E-state index in [2.05, 4.69) is 55.4 Å². The number of rotatable bonds is 14. The molecule has 0 heteroatoms. The van der Waals surface area contributed by atoms with Crippen LogP contribution in [0.3, 0.4) is 0 Å². The molecule has 0 bridgehead atoms. The third kappa shape index (κ3) is 7.18. The van der Waals surface area contributed by atoms with Crippen molar-refractivity contribution < 1.29 is 0 Å². The minimum atomic E-state index is 0.876. The van der Waals surface area contributed by atoms with Crippen molar-refractivity contribution in [2.75, 3.05) is 0 Å². The lowest BCUT2D eigenvalue weighted by atomic mass is 9.61. The predicted octanol–water partition coefficient (Wildman–Crippen LogP) is 8.35. The summed E-state index contributed by atoms with van der Waals surface area (Å²) in [6, 6.07) is 0. The molecule has 140 valence electrons. The van der Waals surface area contributed by atoms with E-state index in [-0.39, 0.29) is 0 Å². The van der Waals surface area contributed by atoms with Crippen molar-refractivity contribution in [1.29, 1.82) is 0 Å². The summed E-state index contributed by atoms with van der Waals surface area (Å²) >= 11 is 0. The number of hydrogen-bond acceptors (Lipinski definition) is 0. The molecular formula is C23H48. The van der Waals surface area contributed by atoms with Gasteiger partial charge in [0.1, 0.15) is 0 Å². The molecule has 0 aromatic rings. The molecule has 23 heavy (non-hydrogen) atoms. The lowest BCUT2D eigenvalue weighted by molar-refractivity contribution is 0.0461. The van der Waals surface area contributed by atoms with E-state index in [1.165, 1.54) is 57.8 Å². The van der Waals surface area contributed by atoms with E-state index in [4.69, 9.17) is 0 Å². The smallest absolute Gasteiger partial charge is 0.0327 e. The SMILES string of the molecule is CCCCC(CC)C(C(C)CC)C(C(C)CC)C(CC)CCC. The monoisotopic (exact) mass is 324 g/mol. The third-order valence-corrected chi connectivity index (χ3v) is 6.77. The Bertz CT molecular complexity index is 257. The molecule has 0 N–H and O–H groups in total. The molecule has 0 amide bonds. The Morgan fingerprint density at radius 1 is 0.522 bits per heavy atom. The zero-order valence-corrected chi connectivity index (χ0v) is 17.8. The topological polar surface area (TPSA) is 0 Å². The van der Waals surface area contributed by atoms with Crippen LogP contribution in [0.1, 0.15) is 113 Å². The molecule has 0 aromatic heterocycles. The van der Waals surface area contributed by atoms with Gasteiger partial charge >= 0.3 is 0 Å². The van der Waals surface area contributed by atoms with Crippen LogP contribution in [0.5, 0.6) is 0 Å². The van der Waals surface area contributed by atoms with Crippen molar-refractivity contribution in [2.24, 2.45) is 35.5 Å². The minimum absolute atomic E-state index is 0.876. The largest absolute Gasteiger partial charge is 0.0654 e. The molecule has 0 fully saturated rings. The molecule has 0 aliphatic carbocycles. The molecule has 0 radical (unpaired) electrons. The second kappa shape index (κ2) is 13.3. The predicted molar refractivity (Wildman–Crippen MR) is 108 cm³/mol. The van der Waals surface area contributed by atoms with E-state index in [1.807, 2.05) is 0 Å². The average molecular weight is 325 g/mol. The van der Waals surface area contributed by atoms with Crippen LogP contribution >= 0.6 is 0 Å². The quantitative estimate of drug-likeness (QED) is 0.301. The summed E-state index contributed by atoms with van der Waals surface area (Å²) in [7, 11) is 0. The van der Waals surface area contributed by atoms with Gasteiger partial charge in [0.15, 0.2) is 0 Å². The van der Waals surface area contributed by atoms with Gasteiger partial charge < -0.3 is 0 Å². The molecule has 0 rings (SSSR count). The maximum absolute atomic E-state index is 2.55. The van der Waals surface area contributed by atoms with Gasteiger partial charge in [-0.3, -0.25) is 0 Å². The van der Waals surface area contributed by atoms with Crippen molar-refractivity contribution >= 4 is 0 Å². The Hall–Kier alpha value is 0. The Balaban J connectivity index is 5.59. The van der Waals surface area contributed by atoms with Gasteiger partial charge in [-0.25, -0.2) is 0 Å². The molecular weight excluding hydrogens is 276 g/mol. The number of hydrogen-bond donors (Lipinski definition) is 0. The normalized spacial score (nSPS) is 19.8. The zero-order chi connectivity index (χ0) is 17.8. The second-order valence-corrected chi connectivity index (χ2v) is 8.19. The van der Waals surface area contributed by atoms with E-state index in [0.717, 1.165) is 35.5 Å². The van der Waals surface area contributed by atoms with Crippen molar-refractivity contribution in [3.8, 4) is 0 Å². The van der Waals surface area contributed by atoms with Crippen molar-refractivity contribution in [1.82, 2.24) is 0 Å². The maximum atomic E-state index is 2.55. The summed E-state index contributed by atoms with van der Waals surface area (Å²) in [6.45, 7) is 19.5. The molecule has 0 saturated heterocycles. The summed E-state index contributed by atoms with van der Waals surface area (Å²) in [6.07, 6.45) is 12.5. The van der Waals surface area contributed by atoms with Crippen LogP contribution in [0, 0.1) is 35.5 Å². The second-order valence-electron chi connectivity index (χ2n) is 8.19. The van der Waals surface area contributed by atoms with Gasteiger partial charge in [0.2, 0.25) is 0 Å². The maximum Gasteiger partial charge on any atom is -0.0327 e. The van der Waals surface area contributed by atoms with Crippen LogP contribution in [0.25, 0.3) is 0 Å². The Morgan fingerprint density at radius 2 is 0.957 bits per heavy atom. The van der Waals surface area contributed by atoms with Gasteiger partial charge in [0.25, 0.3) is 0 Å². The van der Waals surface area contributed by atoms with Gasteiger partial charge in [0, 0.05) is 0 Å². The molecule has 0 nitrogen and oxygen atoms in total. The fraction of sp³-hybridized carbons (Fsp3) is 1.00. The van der Waals surface area contributed by atoms with Gasteiger partial charge in [-0.1, -0.05) is 113 Å². The van der Waals surface area contributed by atoms with E-state index >= 15 is 0 Å². The standard InChI is InChI=1S/C23H48/c1-9-15-17-21(14-6)23(19(8)12-4)22(18(7)11-3)20(13-5)16-10-2/h18-23H,9-17H2,1-8H3. The first-order valence-corrected chi connectivity index (χ1v) is 11.0. The molecule has 0 saturated carbocycles. The van der Waals surface area contributed by atoms with Gasteiger partial charge in [0.05, 0.1) is 0 Å². The summed E-state index contributed by atoms with van der Waals surface area (Å²) in [5.41, 5.74) is 0. The summed E-state index contributed by atoms with van der Waals surface area (Å²) in [4.78, 5) is 0. The van der Waals surface area contributed by atoms with Gasteiger partial charge in [-0.2, -0.15) is 0 Å². The summed E-state index contributed by atoms with van der Waals surface area (Å²) in [5, 5.41) is 0. The Labute approximate surface area is 149 Å². The molecule has 6 atom stereocenters. The third-order valence-electron chi connectivity index (χ3n) is 6.77. The van der Waals surface area contributed by atoms with E-state index in [0.29, 0.717) is 0 Å². The van der Waals surface area contributed by atoms with Crippen LogP contribution in [0.2, 0.25) is 0 Å². The van der Waals surface area contributed by atoms with Gasteiger partial charge in [-0.15, -0.1) is 0 Å². The summed E-state index contributed by atoms with van der Waals surface area (Å²) < 4.78 is 0. The first-order chi connectivity index (χ1) is 11.0. The first-order valence-electron chi connectivity index (χ1n) is 11.0. The highest BCUT2D eigenvalue weighted by Gasteiger charge is 2.37. The van der Waals surface area contributed by atoms with Gasteiger partial charge in [-0.05, 0) is 35.5 Å². The minimum Gasteiger partial charge on any atom is -0.0654 e. The van der Waals surface area contributed by atoms with Crippen LogP contribution < -0.4 is 0 Å². The fourth-order valence-electron chi connectivity index (χ4n) is 5.04. The Morgan fingerprint density at radius 3 is 1.26 bits per heavy atom. The first kappa shape index (κ1) is 23.0. The Kier molecular flexibility index (Phi) is 13.3. The van der Waals surface area contributed by atoms with Crippen LogP contribution in [0.4, 0.5) is 0 Å². The lowest BCUT2D eigenvalue weighted by Gasteiger charge is -2.44. The van der Waals surface area contributed by atoms with E-state index < -0.39 is 0 Å². The highest BCUT2D eigenvalue weighted by atomic mass is 14.4. The highest BCUT2D eigenvalue weighted by molar-refractivity contribution is 4.86. The average Bonchev–Trinajstić information content (AvgIpc) is 2.58. The van der Waals surface area contributed by atoms with Crippen LogP contribution in [-0.4, -0.2) is 0 Å². The fourth-order valence-corrected chi connectivity index (χ4v) is 5.04. The molecule has 0 heterocycles. The van der Waals surface area contributed by atoms with Crippen molar-refractivity contribution in [2.45, 2.75) is 113 Å². The van der Waals surface area contributed by atoms with Crippen molar-refractivity contribution in [3.63, 3.8) is 0 Å². The van der Waals surface area contributed by atoms with E-state index in [9.17, 15) is 0 Å². The zero-order valence-electron chi connectivity index (χ0n) is 17.8.